The van der Waals surface area contributed by atoms with Crippen LogP contribution in [0.3, 0.4) is 0 Å². The van der Waals surface area contributed by atoms with Crippen molar-refractivity contribution in [3.8, 4) is 28.7 Å². The molecule has 0 saturated carbocycles. The summed E-state index contributed by atoms with van der Waals surface area (Å²) in [6.45, 7) is 0. The molecule has 0 spiro atoms. The molecule has 0 unspecified atom stereocenters. The number of phenols is 1. The molecule has 3 aromatic rings. The molecule has 0 aliphatic rings. The number of alkyl halides is 1. The molecule has 3 nitrogen and oxygen atoms in total. The van der Waals surface area contributed by atoms with Gasteiger partial charge in [-0.15, -0.1) is 0 Å². The highest BCUT2D eigenvalue weighted by Gasteiger charge is 2.13. The Hall–Kier alpha value is -2.46. The summed E-state index contributed by atoms with van der Waals surface area (Å²) >= 11 is 3.36. The maximum Gasteiger partial charge on any atom is 0.173 e. The van der Waals surface area contributed by atoms with Crippen LogP contribution >= 0.6 is 15.9 Å². The standard InChI is InChI=1S/C19H15BrO3/c20-13-14-11-18(22-15-7-3-1-4-8-15)19(12-17(14)21)23-16-9-5-2-6-10-16/h1-12,21H,13H2. The van der Waals surface area contributed by atoms with Gasteiger partial charge in [-0.2, -0.15) is 0 Å². The van der Waals surface area contributed by atoms with Gasteiger partial charge in [-0.05, 0) is 30.3 Å². The van der Waals surface area contributed by atoms with Crippen molar-refractivity contribution in [3.63, 3.8) is 0 Å². The van der Waals surface area contributed by atoms with Crippen molar-refractivity contribution in [1.29, 1.82) is 0 Å². The molecule has 3 rings (SSSR count). The van der Waals surface area contributed by atoms with Crippen molar-refractivity contribution in [1.82, 2.24) is 0 Å². The van der Waals surface area contributed by atoms with Gasteiger partial charge in [0.1, 0.15) is 17.2 Å². The van der Waals surface area contributed by atoms with E-state index in [9.17, 15) is 5.11 Å². The molecule has 4 heteroatoms. The lowest BCUT2D eigenvalue weighted by Gasteiger charge is -2.14. The monoisotopic (exact) mass is 370 g/mol. The third-order valence-corrected chi connectivity index (χ3v) is 3.84. The molecular weight excluding hydrogens is 356 g/mol. The minimum Gasteiger partial charge on any atom is -0.507 e. The van der Waals surface area contributed by atoms with E-state index in [1.807, 2.05) is 60.7 Å². The van der Waals surface area contributed by atoms with Crippen LogP contribution in [0.2, 0.25) is 0 Å². The first-order chi connectivity index (χ1) is 11.3. The second-order valence-electron chi connectivity index (χ2n) is 4.89. The van der Waals surface area contributed by atoms with E-state index in [1.165, 1.54) is 0 Å². The highest BCUT2D eigenvalue weighted by atomic mass is 79.9. The Morgan fingerprint density at radius 3 is 1.70 bits per heavy atom. The summed E-state index contributed by atoms with van der Waals surface area (Å²) in [4.78, 5) is 0. The molecule has 3 aromatic carbocycles. The van der Waals surface area contributed by atoms with Crippen LogP contribution in [0.15, 0.2) is 72.8 Å². The average molecular weight is 371 g/mol. The maximum atomic E-state index is 10.1. The highest BCUT2D eigenvalue weighted by molar-refractivity contribution is 9.08. The fraction of sp³-hybridized carbons (Fsp3) is 0.0526. The van der Waals surface area contributed by atoms with E-state index in [4.69, 9.17) is 9.47 Å². The minimum absolute atomic E-state index is 0.160. The number of ether oxygens (including phenoxy) is 2. The smallest absolute Gasteiger partial charge is 0.173 e. The second kappa shape index (κ2) is 7.20. The van der Waals surface area contributed by atoms with Gasteiger partial charge in [0.25, 0.3) is 0 Å². The number of aromatic hydroxyl groups is 1. The predicted octanol–water partition coefficient (Wildman–Crippen LogP) is 5.87. The molecule has 116 valence electrons. The van der Waals surface area contributed by atoms with Crippen LogP contribution in [-0.2, 0) is 5.33 Å². The first kappa shape index (κ1) is 15.4. The van der Waals surface area contributed by atoms with Crippen molar-refractivity contribution < 1.29 is 14.6 Å². The second-order valence-corrected chi connectivity index (χ2v) is 5.45. The summed E-state index contributed by atoms with van der Waals surface area (Å²) in [5, 5.41) is 10.6. The van der Waals surface area contributed by atoms with Crippen LogP contribution in [-0.4, -0.2) is 5.11 Å². The number of hydrogen-bond donors (Lipinski definition) is 1. The van der Waals surface area contributed by atoms with Crippen LogP contribution in [0.1, 0.15) is 5.56 Å². The van der Waals surface area contributed by atoms with E-state index < -0.39 is 0 Å². The van der Waals surface area contributed by atoms with Gasteiger partial charge in [0.15, 0.2) is 11.5 Å². The van der Waals surface area contributed by atoms with Gasteiger partial charge in [0, 0.05) is 17.0 Å². The molecule has 0 heterocycles. The van der Waals surface area contributed by atoms with E-state index in [0.717, 1.165) is 5.56 Å². The van der Waals surface area contributed by atoms with E-state index in [0.29, 0.717) is 28.3 Å². The third-order valence-electron chi connectivity index (χ3n) is 3.23. The summed E-state index contributed by atoms with van der Waals surface area (Å²) in [5.74, 6) is 2.55. The van der Waals surface area contributed by atoms with E-state index in [-0.39, 0.29) is 5.75 Å². The van der Waals surface area contributed by atoms with Gasteiger partial charge in [-0.1, -0.05) is 52.3 Å². The van der Waals surface area contributed by atoms with Gasteiger partial charge in [-0.3, -0.25) is 0 Å². The molecule has 1 N–H and O–H groups in total. The number of benzene rings is 3. The Balaban J connectivity index is 1.97. The number of phenolic OH excluding ortho intramolecular Hbond substituents is 1. The van der Waals surface area contributed by atoms with Crippen LogP contribution in [0.25, 0.3) is 0 Å². The first-order valence-corrected chi connectivity index (χ1v) is 8.26. The van der Waals surface area contributed by atoms with E-state index in [2.05, 4.69) is 15.9 Å². The van der Waals surface area contributed by atoms with Crippen molar-refractivity contribution >= 4 is 15.9 Å². The zero-order valence-corrected chi connectivity index (χ0v) is 13.9. The summed E-state index contributed by atoms with van der Waals surface area (Å²) in [5.41, 5.74) is 0.733. The number of hydrogen-bond acceptors (Lipinski definition) is 3. The maximum absolute atomic E-state index is 10.1. The fourth-order valence-electron chi connectivity index (χ4n) is 2.09. The Bertz CT molecular complexity index is 773. The molecule has 23 heavy (non-hydrogen) atoms. The summed E-state index contributed by atoms with van der Waals surface area (Å²) in [7, 11) is 0. The fourth-order valence-corrected chi connectivity index (χ4v) is 2.54. The lowest BCUT2D eigenvalue weighted by molar-refractivity contribution is 0.409. The Morgan fingerprint density at radius 2 is 1.22 bits per heavy atom. The molecule has 0 aliphatic heterocycles. The van der Waals surface area contributed by atoms with Crippen molar-refractivity contribution in [2.75, 3.05) is 0 Å². The lowest BCUT2D eigenvalue weighted by atomic mass is 10.2. The van der Waals surface area contributed by atoms with Crippen molar-refractivity contribution in [2.45, 2.75) is 5.33 Å². The molecule has 0 aliphatic carbocycles. The third kappa shape index (κ3) is 3.85. The number of halogens is 1. The van der Waals surface area contributed by atoms with Gasteiger partial charge >= 0.3 is 0 Å². The zero-order chi connectivity index (χ0) is 16.1. The van der Waals surface area contributed by atoms with Crippen molar-refractivity contribution in [3.05, 3.63) is 78.4 Å². The number of rotatable bonds is 5. The van der Waals surface area contributed by atoms with E-state index in [1.54, 1.807) is 12.1 Å². The quantitative estimate of drug-likeness (QED) is 0.570. The summed E-state index contributed by atoms with van der Waals surface area (Å²) < 4.78 is 11.8. The van der Waals surface area contributed by atoms with Gasteiger partial charge < -0.3 is 14.6 Å². The SMILES string of the molecule is Oc1cc(Oc2ccccc2)c(Oc2ccccc2)cc1CBr. The largest absolute Gasteiger partial charge is 0.507 e. The molecule has 0 saturated heterocycles. The lowest BCUT2D eigenvalue weighted by Crippen LogP contribution is -1.92. The van der Waals surface area contributed by atoms with E-state index >= 15 is 0 Å². The van der Waals surface area contributed by atoms with Gasteiger partial charge in [0.2, 0.25) is 0 Å². The summed E-state index contributed by atoms with van der Waals surface area (Å²) in [6, 6.07) is 22.2. The molecule has 0 amide bonds. The van der Waals surface area contributed by atoms with Crippen LogP contribution in [0, 0.1) is 0 Å². The molecule has 0 atom stereocenters. The van der Waals surface area contributed by atoms with Crippen LogP contribution < -0.4 is 9.47 Å². The topological polar surface area (TPSA) is 38.7 Å². The predicted molar refractivity (Wildman–Crippen MR) is 93.8 cm³/mol. The normalized spacial score (nSPS) is 10.3. The van der Waals surface area contributed by atoms with Crippen LogP contribution in [0.4, 0.5) is 0 Å². The van der Waals surface area contributed by atoms with Gasteiger partial charge in [-0.25, -0.2) is 0 Å². The zero-order valence-electron chi connectivity index (χ0n) is 12.3. The average Bonchev–Trinajstić information content (AvgIpc) is 2.59. The van der Waals surface area contributed by atoms with Crippen LogP contribution in [0.5, 0.6) is 28.7 Å². The molecule has 0 bridgehead atoms. The highest BCUT2D eigenvalue weighted by Crippen LogP contribution is 2.40. The van der Waals surface area contributed by atoms with Gasteiger partial charge in [0.05, 0.1) is 0 Å². The summed E-state index contributed by atoms with van der Waals surface area (Å²) in [6.07, 6.45) is 0. The molecule has 0 aromatic heterocycles. The molecular formula is C19H15BrO3. The molecule has 0 fully saturated rings. The first-order valence-electron chi connectivity index (χ1n) is 7.14. The number of para-hydroxylation sites is 2. The minimum atomic E-state index is 0.160. The van der Waals surface area contributed by atoms with Crippen molar-refractivity contribution in [2.24, 2.45) is 0 Å². The Kier molecular flexibility index (Phi) is 4.83. The Labute approximate surface area is 143 Å². The molecule has 0 radical (unpaired) electrons. The Morgan fingerprint density at radius 1 is 0.739 bits per heavy atom.